The molecule has 2 aromatic heterocycles. The Morgan fingerprint density at radius 3 is 3.00 bits per heavy atom. The summed E-state index contributed by atoms with van der Waals surface area (Å²) in [5.41, 5.74) is 0.519. The molecule has 22 heavy (non-hydrogen) atoms. The normalized spacial score (nSPS) is 21.2. The van der Waals surface area contributed by atoms with Gasteiger partial charge in [-0.1, -0.05) is 6.92 Å². The molecule has 0 aliphatic carbocycles. The van der Waals surface area contributed by atoms with Gasteiger partial charge in [0.25, 0.3) is 5.91 Å². The van der Waals surface area contributed by atoms with Crippen molar-refractivity contribution in [2.45, 2.75) is 19.4 Å². The summed E-state index contributed by atoms with van der Waals surface area (Å²) in [5, 5.41) is 9.19. The summed E-state index contributed by atoms with van der Waals surface area (Å²) in [6, 6.07) is 4.25. The molecule has 0 bridgehead atoms. The number of halogens is 2. The second-order valence-corrected chi connectivity index (χ2v) is 8.51. The van der Waals surface area contributed by atoms with E-state index in [9.17, 15) is 4.79 Å². The molecule has 3 rings (SSSR count). The molecule has 4 nitrogen and oxygen atoms in total. The number of thiazole rings is 1. The summed E-state index contributed by atoms with van der Waals surface area (Å²) < 4.78 is 1.07. The molecule has 2 N–H and O–H groups in total. The molecule has 0 saturated carbocycles. The third kappa shape index (κ3) is 4.08. The van der Waals surface area contributed by atoms with Crippen LogP contribution in [0.4, 0.5) is 0 Å². The van der Waals surface area contributed by atoms with Crippen LogP contribution in [0.5, 0.6) is 0 Å². The number of hydrogen-bond acceptors (Lipinski definition) is 5. The lowest BCUT2D eigenvalue weighted by molar-refractivity contribution is 0.0910. The Bertz CT molecular complexity index is 646. The molecule has 1 amide bonds. The van der Waals surface area contributed by atoms with Crippen LogP contribution in [0.25, 0.3) is 9.88 Å². The zero-order valence-electron chi connectivity index (χ0n) is 12.0. The first kappa shape index (κ1) is 17.9. The van der Waals surface area contributed by atoms with Gasteiger partial charge in [0, 0.05) is 11.4 Å². The van der Waals surface area contributed by atoms with E-state index in [2.05, 4.69) is 38.5 Å². The van der Waals surface area contributed by atoms with Gasteiger partial charge in [-0.15, -0.1) is 35.1 Å². The lowest BCUT2D eigenvalue weighted by atomic mass is 9.95. The number of hydrogen-bond donors (Lipinski definition) is 2. The molecule has 0 spiro atoms. The molecule has 0 radical (unpaired) electrons. The van der Waals surface area contributed by atoms with Crippen molar-refractivity contribution in [1.29, 1.82) is 0 Å². The first-order chi connectivity index (χ1) is 10.1. The maximum absolute atomic E-state index is 12.3. The Morgan fingerprint density at radius 2 is 2.32 bits per heavy atom. The van der Waals surface area contributed by atoms with E-state index >= 15 is 0 Å². The lowest BCUT2D eigenvalue weighted by Crippen LogP contribution is -2.48. The minimum absolute atomic E-state index is 0. The van der Waals surface area contributed by atoms with Crippen molar-refractivity contribution in [3.05, 3.63) is 27.0 Å². The third-order valence-corrected chi connectivity index (χ3v) is 6.26. The fourth-order valence-electron chi connectivity index (χ4n) is 2.39. The van der Waals surface area contributed by atoms with Crippen LogP contribution >= 0.6 is 51.0 Å². The van der Waals surface area contributed by atoms with Crippen molar-refractivity contribution in [2.75, 3.05) is 13.1 Å². The number of carbonyl (C=O) groups is 1. The van der Waals surface area contributed by atoms with Crippen molar-refractivity contribution >= 4 is 56.9 Å². The van der Waals surface area contributed by atoms with Gasteiger partial charge in [0.2, 0.25) is 0 Å². The van der Waals surface area contributed by atoms with E-state index < -0.39 is 0 Å². The van der Waals surface area contributed by atoms with Crippen LogP contribution in [-0.2, 0) is 0 Å². The van der Waals surface area contributed by atoms with Gasteiger partial charge in [-0.05, 0) is 53.5 Å². The van der Waals surface area contributed by atoms with Crippen LogP contribution in [0.3, 0.4) is 0 Å². The second-order valence-electron chi connectivity index (χ2n) is 5.19. The second kappa shape index (κ2) is 7.88. The van der Waals surface area contributed by atoms with Crippen molar-refractivity contribution in [3.8, 4) is 9.88 Å². The average Bonchev–Trinajstić information content (AvgIpc) is 3.10. The van der Waals surface area contributed by atoms with Crippen LogP contribution in [0.2, 0.25) is 0 Å². The molecule has 3 heterocycles. The highest BCUT2D eigenvalue weighted by Gasteiger charge is 2.24. The lowest BCUT2D eigenvalue weighted by Gasteiger charge is -2.29. The van der Waals surface area contributed by atoms with Crippen LogP contribution in [-0.4, -0.2) is 30.0 Å². The summed E-state index contributed by atoms with van der Waals surface area (Å²) >= 11 is 6.59. The molecule has 0 aromatic carbocycles. The molecule has 1 saturated heterocycles. The monoisotopic (exact) mass is 421 g/mol. The minimum Gasteiger partial charge on any atom is -0.348 e. The highest BCUT2D eigenvalue weighted by atomic mass is 79.9. The molecule has 120 valence electrons. The van der Waals surface area contributed by atoms with Crippen LogP contribution in [0.1, 0.15) is 23.8 Å². The average molecular weight is 423 g/mol. The fourth-order valence-corrected chi connectivity index (χ4v) is 4.65. The van der Waals surface area contributed by atoms with E-state index in [1.807, 2.05) is 17.5 Å². The van der Waals surface area contributed by atoms with Crippen LogP contribution in [0, 0.1) is 5.92 Å². The SMILES string of the molecule is CC1CNCCC1NC(=O)c1csc(-c2ccc(Br)s2)n1.Cl. The predicted octanol–water partition coefficient (Wildman–Crippen LogP) is 3.78. The van der Waals surface area contributed by atoms with E-state index in [-0.39, 0.29) is 24.4 Å². The standard InChI is InChI=1S/C14H16BrN3OS2.ClH/c1-8-6-16-5-4-9(8)17-13(19)10-7-20-14(18-10)11-2-3-12(15)21-11;/h2-3,7-9,16H,4-6H2,1H3,(H,17,19);1H. The molecule has 1 aliphatic heterocycles. The Balaban J connectivity index is 0.00000176. The number of carbonyl (C=O) groups excluding carboxylic acids is 1. The van der Waals surface area contributed by atoms with E-state index in [4.69, 9.17) is 0 Å². The number of rotatable bonds is 3. The Hall–Kier alpha value is -0.470. The molecular formula is C14H17BrClN3OS2. The minimum atomic E-state index is -0.0631. The largest absolute Gasteiger partial charge is 0.348 e. The zero-order valence-corrected chi connectivity index (χ0v) is 16.0. The van der Waals surface area contributed by atoms with Gasteiger partial charge in [-0.2, -0.15) is 0 Å². The smallest absolute Gasteiger partial charge is 0.271 e. The Morgan fingerprint density at radius 1 is 1.50 bits per heavy atom. The number of thiophene rings is 1. The topological polar surface area (TPSA) is 54.0 Å². The first-order valence-electron chi connectivity index (χ1n) is 6.86. The van der Waals surface area contributed by atoms with E-state index in [0.717, 1.165) is 33.2 Å². The number of nitrogens with zero attached hydrogens (tertiary/aromatic N) is 1. The van der Waals surface area contributed by atoms with Gasteiger partial charge < -0.3 is 10.6 Å². The Labute approximate surface area is 152 Å². The highest BCUT2D eigenvalue weighted by Crippen LogP contribution is 2.33. The quantitative estimate of drug-likeness (QED) is 0.791. The van der Waals surface area contributed by atoms with Gasteiger partial charge >= 0.3 is 0 Å². The zero-order chi connectivity index (χ0) is 14.8. The molecule has 2 aromatic rings. The van der Waals surface area contributed by atoms with E-state index in [1.165, 1.54) is 11.3 Å². The summed E-state index contributed by atoms with van der Waals surface area (Å²) in [4.78, 5) is 17.9. The summed E-state index contributed by atoms with van der Waals surface area (Å²) in [6.45, 7) is 4.07. The number of amides is 1. The van der Waals surface area contributed by atoms with E-state index in [0.29, 0.717) is 11.6 Å². The summed E-state index contributed by atoms with van der Waals surface area (Å²) in [5.74, 6) is 0.390. The number of piperidine rings is 1. The van der Waals surface area contributed by atoms with Gasteiger partial charge in [0.1, 0.15) is 10.7 Å². The van der Waals surface area contributed by atoms with Crippen molar-refractivity contribution < 1.29 is 4.79 Å². The predicted molar refractivity (Wildman–Crippen MR) is 98.3 cm³/mol. The first-order valence-corrected chi connectivity index (χ1v) is 9.35. The highest BCUT2D eigenvalue weighted by molar-refractivity contribution is 9.11. The fraction of sp³-hybridized carbons (Fsp3) is 0.429. The van der Waals surface area contributed by atoms with Crippen LogP contribution < -0.4 is 10.6 Å². The number of aromatic nitrogens is 1. The summed E-state index contributed by atoms with van der Waals surface area (Å²) in [6.07, 6.45) is 0.974. The van der Waals surface area contributed by atoms with Crippen molar-refractivity contribution in [2.24, 2.45) is 5.92 Å². The summed E-state index contributed by atoms with van der Waals surface area (Å²) in [7, 11) is 0. The molecule has 2 atom stereocenters. The third-order valence-electron chi connectivity index (χ3n) is 3.62. The van der Waals surface area contributed by atoms with Crippen molar-refractivity contribution in [3.63, 3.8) is 0 Å². The van der Waals surface area contributed by atoms with Crippen LogP contribution in [0.15, 0.2) is 21.3 Å². The maximum Gasteiger partial charge on any atom is 0.271 e. The number of nitrogens with one attached hydrogen (secondary N) is 2. The Kier molecular flexibility index (Phi) is 6.40. The van der Waals surface area contributed by atoms with Gasteiger partial charge in [0.05, 0.1) is 8.66 Å². The molecule has 8 heteroatoms. The van der Waals surface area contributed by atoms with Gasteiger partial charge in [-0.25, -0.2) is 4.98 Å². The van der Waals surface area contributed by atoms with Crippen molar-refractivity contribution in [1.82, 2.24) is 15.6 Å². The maximum atomic E-state index is 12.3. The molecule has 2 unspecified atom stereocenters. The molecule has 1 fully saturated rings. The van der Waals surface area contributed by atoms with Gasteiger partial charge in [-0.3, -0.25) is 4.79 Å². The molecule has 1 aliphatic rings. The van der Waals surface area contributed by atoms with E-state index in [1.54, 1.807) is 11.3 Å². The molecular weight excluding hydrogens is 406 g/mol. The van der Waals surface area contributed by atoms with Gasteiger partial charge in [0.15, 0.2) is 0 Å².